The second-order valence-corrected chi connectivity index (χ2v) is 14.0. The van der Waals surface area contributed by atoms with Crippen molar-refractivity contribution in [1.29, 1.82) is 0 Å². The maximum absolute atomic E-state index is 14.1. The smallest absolute Gasteiger partial charge is 0.273 e. The van der Waals surface area contributed by atoms with Crippen LogP contribution in [0.25, 0.3) is 10.8 Å². The number of pyridine rings is 1. The number of hydrogen-bond acceptors (Lipinski definition) is 9. The van der Waals surface area contributed by atoms with Gasteiger partial charge in [-0.05, 0) is 54.5 Å². The highest BCUT2D eigenvalue weighted by molar-refractivity contribution is 7.91. The number of sulfonamides is 1. The van der Waals surface area contributed by atoms with Crippen molar-refractivity contribution in [2.24, 2.45) is 11.8 Å². The van der Waals surface area contributed by atoms with E-state index in [1.54, 1.807) is 45.4 Å². The average molecular weight is 664 g/mol. The van der Waals surface area contributed by atoms with Crippen LogP contribution in [0.5, 0.6) is 11.6 Å². The molecule has 1 aromatic heterocycles. The highest BCUT2D eigenvalue weighted by Crippen LogP contribution is 2.33. The van der Waals surface area contributed by atoms with Crippen LogP contribution in [0.4, 0.5) is 0 Å². The number of carbonyl (C=O) groups excluding carboxylic acids is 4. The highest BCUT2D eigenvalue weighted by Gasteiger charge is 2.53. The second kappa shape index (κ2) is 13.1. The number of benzene rings is 1. The van der Waals surface area contributed by atoms with Crippen LogP contribution >= 0.6 is 0 Å². The van der Waals surface area contributed by atoms with Gasteiger partial charge in [-0.15, -0.1) is 6.58 Å². The first kappa shape index (κ1) is 33.5. The van der Waals surface area contributed by atoms with Crippen molar-refractivity contribution in [3.63, 3.8) is 0 Å². The Labute approximate surface area is 273 Å². The van der Waals surface area contributed by atoms with Gasteiger partial charge in [0.1, 0.15) is 23.9 Å². The molecular formula is C33H37N5O8S. The molecule has 3 aliphatic rings. The summed E-state index contributed by atoms with van der Waals surface area (Å²) in [6.07, 6.45) is 4.10. The van der Waals surface area contributed by atoms with Crippen molar-refractivity contribution in [2.75, 3.05) is 13.7 Å². The molecule has 5 atom stereocenters. The quantitative estimate of drug-likeness (QED) is 0.162. The summed E-state index contributed by atoms with van der Waals surface area (Å²) in [4.78, 5) is 59.4. The van der Waals surface area contributed by atoms with Gasteiger partial charge < -0.3 is 25.0 Å². The van der Waals surface area contributed by atoms with Crippen LogP contribution in [-0.4, -0.2) is 84.6 Å². The molecule has 0 radical (unpaired) electrons. The molecule has 47 heavy (non-hydrogen) atoms. The predicted molar refractivity (Wildman–Crippen MR) is 172 cm³/mol. The zero-order chi connectivity index (χ0) is 34.1. The Kier molecular flexibility index (Phi) is 9.31. The SMILES string of the molecule is C=CC(=O)N[C@@H](C(=O)N1C[C@H](Oc2nccc3cc(OC)ccc23)C[C@H]1C(=O)N[C@]1(C(=O)NS(=O)(=O)C2CC2)C#CC1C=C)C(C)C. The number of carbonyl (C=O) groups is 4. The summed E-state index contributed by atoms with van der Waals surface area (Å²) in [5.41, 5.74) is -1.92. The molecule has 0 spiro atoms. The van der Waals surface area contributed by atoms with Gasteiger partial charge in [0.15, 0.2) is 5.54 Å². The lowest BCUT2D eigenvalue weighted by atomic mass is 9.76. The van der Waals surface area contributed by atoms with E-state index >= 15 is 0 Å². The molecule has 14 heteroatoms. The van der Waals surface area contributed by atoms with Crippen molar-refractivity contribution in [2.45, 2.75) is 62.1 Å². The lowest BCUT2D eigenvalue weighted by molar-refractivity contribution is -0.143. The average Bonchev–Trinajstić information content (AvgIpc) is 3.82. The van der Waals surface area contributed by atoms with E-state index in [-0.39, 0.29) is 24.8 Å². The van der Waals surface area contributed by atoms with Gasteiger partial charge in [0.05, 0.1) is 24.8 Å². The molecule has 0 bridgehead atoms. The van der Waals surface area contributed by atoms with Crippen molar-refractivity contribution >= 4 is 44.4 Å². The summed E-state index contributed by atoms with van der Waals surface area (Å²) in [5.74, 6) is 2.19. The molecule has 2 aliphatic carbocycles. The van der Waals surface area contributed by atoms with E-state index in [4.69, 9.17) is 9.47 Å². The molecule has 1 aromatic carbocycles. The van der Waals surface area contributed by atoms with Gasteiger partial charge in [-0.2, -0.15) is 0 Å². The summed E-state index contributed by atoms with van der Waals surface area (Å²) in [6, 6.07) is 4.98. The number of methoxy groups -OCH3 is 1. The summed E-state index contributed by atoms with van der Waals surface area (Å²) < 4.78 is 38.9. The third kappa shape index (κ3) is 6.66. The fourth-order valence-electron chi connectivity index (χ4n) is 5.63. The zero-order valence-electron chi connectivity index (χ0n) is 26.3. The number of nitrogens with zero attached hydrogens (tertiary/aromatic N) is 2. The third-order valence-electron chi connectivity index (χ3n) is 8.48. The van der Waals surface area contributed by atoms with Gasteiger partial charge in [-0.1, -0.05) is 38.3 Å². The Morgan fingerprint density at radius 1 is 1.17 bits per heavy atom. The van der Waals surface area contributed by atoms with Gasteiger partial charge in [0.25, 0.3) is 5.91 Å². The molecule has 2 aromatic rings. The van der Waals surface area contributed by atoms with Crippen LogP contribution in [0.3, 0.4) is 0 Å². The lowest BCUT2D eigenvalue weighted by Crippen LogP contribution is -2.67. The minimum absolute atomic E-state index is 0.00370. The highest BCUT2D eigenvalue weighted by atomic mass is 32.2. The first-order valence-corrected chi connectivity index (χ1v) is 16.7. The number of hydrogen-bond donors (Lipinski definition) is 3. The topological polar surface area (TPSA) is 173 Å². The molecule has 1 aliphatic heterocycles. The van der Waals surface area contributed by atoms with Crippen LogP contribution in [0, 0.1) is 23.7 Å². The summed E-state index contributed by atoms with van der Waals surface area (Å²) in [6.45, 7) is 10.6. The monoisotopic (exact) mass is 663 g/mol. The van der Waals surface area contributed by atoms with Crippen molar-refractivity contribution in [3.8, 4) is 23.5 Å². The van der Waals surface area contributed by atoms with Crippen LogP contribution in [0.1, 0.15) is 33.1 Å². The molecule has 5 rings (SSSR count). The van der Waals surface area contributed by atoms with E-state index in [9.17, 15) is 27.6 Å². The minimum atomic E-state index is -3.96. The Hall–Kier alpha value is -4.90. The molecular weight excluding hydrogens is 626 g/mol. The predicted octanol–water partition coefficient (Wildman–Crippen LogP) is 1.20. The van der Waals surface area contributed by atoms with Crippen LogP contribution < -0.4 is 24.8 Å². The first-order chi connectivity index (χ1) is 22.3. The maximum Gasteiger partial charge on any atom is 0.273 e. The summed E-state index contributed by atoms with van der Waals surface area (Å²) in [5, 5.41) is 6.08. The van der Waals surface area contributed by atoms with E-state index in [1.807, 2.05) is 6.07 Å². The summed E-state index contributed by atoms with van der Waals surface area (Å²) in [7, 11) is -2.40. The van der Waals surface area contributed by atoms with Crippen molar-refractivity contribution in [1.82, 2.24) is 25.2 Å². The van der Waals surface area contributed by atoms with Crippen molar-refractivity contribution < 1.29 is 37.1 Å². The Bertz CT molecular complexity index is 1810. The molecule has 3 N–H and O–H groups in total. The van der Waals surface area contributed by atoms with Gasteiger partial charge in [0.2, 0.25) is 33.6 Å². The Morgan fingerprint density at radius 3 is 2.51 bits per heavy atom. The Balaban J connectivity index is 1.45. The third-order valence-corrected chi connectivity index (χ3v) is 10.3. The number of nitrogens with one attached hydrogen (secondary N) is 3. The van der Waals surface area contributed by atoms with E-state index in [2.05, 4.69) is 45.3 Å². The second-order valence-electron chi connectivity index (χ2n) is 12.1. The van der Waals surface area contributed by atoms with Gasteiger partial charge >= 0.3 is 0 Å². The molecule has 1 saturated carbocycles. The molecule has 248 valence electrons. The van der Waals surface area contributed by atoms with E-state index in [1.165, 1.54) is 11.0 Å². The van der Waals surface area contributed by atoms with Gasteiger partial charge in [-0.3, -0.25) is 19.2 Å². The number of amides is 4. The number of fused-ring (bicyclic) bond motifs is 1. The molecule has 2 fully saturated rings. The lowest BCUT2D eigenvalue weighted by Gasteiger charge is -2.38. The van der Waals surface area contributed by atoms with E-state index in [0.717, 1.165) is 11.5 Å². The maximum atomic E-state index is 14.1. The van der Waals surface area contributed by atoms with Crippen LogP contribution in [-0.2, 0) is 29.2 Å². The number of likely N-dealkylation sites (tertiary alicyclic amines) is 1. The van der Waals surface area contributed by atoms with E-state index in [0.29, 0.717) is 24.0 Å². The fraction of sp³-hybridized carbons (Fsp3) is 0.424. The van der Waals surface area contributed by atoms with Gasteiger partial charge in [-0.25, -0.2) is 18.1 Å². The minimum Gasteiger partial charge on any atom is -0.497 e. The number of rotatable bonds is 13. The van der Waals surface area contributed by atoms with Gasteiger partial charge in [0, 0.05) is 18.0 Å². The van der Waals surface area contributed by atoms with Crippen LogP contribution in [0.15, 0.2) is 55.8 Å². The molecule has 1 saturated heterocycles. The number of ether oxygens (including phenoxy) is 2. The standard InChI is InChI=1S/C33H37N5O8S/c1-6-21-12-14-33(21,32(42)37-47(43,44)24-9-10-24)36-29(40)26-17-23(18-38(26)31(41)28(19(3)4)35-27(39)7-2)46-30-25-11-8-22(45-5)16-20(25)13-15-34-30/h6-8,11,13,15-16,19,21,23-24,26,28H,1-2,9-10,17-18H2,3-5H3,(H,35,39)(H,36,40)(H,37,42)/t21?,23-,26+,28-,33-/m1/s1. The molecule has 1 unspecified atom stereocenters. The zero-order valence-corrected chi connectivity index (χ0v) is 27.1. The molecule has 13 nitrogen and oxygen atoms in total. The fourth-order valence-corrected chi connectivity index (χ4v) is 6.98. The number of aromatic nitrogens is 1. The Morgan fingerprint density at radius 2 is 1.91 bits per heavy atom. The molecule has 2 heterocycles. The molecule has 4 amide bonds. The summed E-state index contributed by atoms with van der Waals surface area (Å²) >= 11 is 0. The van der Waals surface area contributed by atoms with E-state index < -0.39 is 68.5 Å². The van der Waals surface area contributed by atoms with Crippen LogP contribution in [0.2, 0.25) is 0 Å². The largest absolute Gasteiger partial charge is 0.497 e. The first-order valence-electron chi connectivity index (χ1n) is 15.2. The normalized spacial score (nSPS) is 23.8. The van der Waals surface area contributed by atoms with Crippen molar-refractivity contribution in [3.05, 3.63) is 55.8 Å².